The minimum absolute atomic E-state index is 0.0179. The first-order valence-electron chi connectivity index (χ1n) is 6.78. The van der Waals surface area contributed by atoms with Crippen LogP contribution in [0.2, 0.25) is 0 Å². The SMILES string of the molecule is COCCN(CC(=O)O)C(=O)NCC1(C)CCOCC1. The molecule has 0 unspecified atom stereocenters. The lowest BCUT2D eigenvalue weighted by Gasteiger charge is -2.34. The molecule has 7 nitrogen and oxygen atoms in total. The number of nitrogens with zero attached hydrogens (tertiary/aromatic N) is 1. The smallest absolute Gasteiger partial charge is 0.323 e. The van der Waals surface area contributed by atoms with Gasteiger partial charge in [-0.25, -0.2) is 4.79 Å². The van der Waals surface area contributed by atoms with Crippen LogP contribution in [0, 0.1) is 5.41 Å². The van der Waals surface area contributed by atoms with E-state index in [0.29, 0.717) is 26.4 Å². The lowest BCUT2D eigenvalue weighted by atomic mass is 9.82. The molecule has 1 aliphatic rings. The fourth-order valence-corrected chi connectivity index (χ4v) is 2.06. The van der Waals surface area contributed by atoms with Gasteiger partial charge in [-0.2, -0.15) is 0 Å². The highest BCUT2D eigenvalue weighted by Crippen LogP contribution is 2.28. The number of urea groups is 1. The van der Waals surface area contributed by atoms with Crippen LogP contribution < -0.4 is 5.32 Å². The quantitative estimate of drug-likeness (QED) is 0.714. The molecule has 20 heavy (non-hydrogen) atoms. The molecular weight excluding hydrogens is 264 g/mol. The number of ether oxygens (including phenoxy) is 2. The van der Waals surface area contributed by atoms with Crippen molar-refractivity contribution in [3.05, 3.63) is 0 Å². The van der Waals surface area contributed by atoms with Gasteiger partial charge in [-0.15, -0.1) is 0 Å². The van der Waals surface area contributed by atoms with Crippen LogP contribution >= 0.6 is 0 Å². The van der Waals surface area contributed by atoms with Gasteiger partial charge in [-0.1, -0.05) is 6.92 Å². The zero-order valence-corrected chi connectivity index (χ0v) is 12.2. The monoisotopic (exact) mass is 288 g/mol. The maximum absolute atomic E-state index is 12.0. The van der Waals surface area contributed by atoms with E-state index in [2.05, 4.69) is 12.2 Å². The average Bonchev–Trinajstić information content (AvgIpc) is 2.41. The topological polar surface area (TPSA) is 88.1 Å². The predicted molar refractivity (Wildman–Crippen MR) is 72.6 cm³/mol. The van der Waals surface area contributed by atoms with Crippen LogP contribution in [0.3, 0.4) is 0 Å². The average molecular weight is 288 g/mol. The molecule has 1 rings (SSSR count). The van der Waals surface area contributed by atoms with Crippen LogP contribution in [0.25, 0.3) is 0 Å². The van der Waals surface area contributed by atoms with Gasteiger partial charge in [0.15, 0.2) is 0 Å². The van der Waals surface area contributed by atoms with E-state index in [1.807, 2.05) is 0 Å². The number of carboxylic acid groups (broad SMARTS) is 1. The van der Waals surface area contributed by atoms with Crippen molar-refractivity contribution in [2.75, 3.05) is 46.6 Å². The first kappa shape index (κ1) is 16.7. The van der Waals surface area contributed by atoms with Crippen molar-refractivity contribution < 1.29 is 24.2 Å². The molecule has 7 heteroatoms. The molecule has 0 radical (unpaired) electrons. The summed E-state index contributed by atoms with van der Waals surface area (Å²) in [6.07, 6.45) is 1.79. The van der Waals surface area contributed by atoms with Gasteiger partial charge in [0.2, 0.25) is 0 Å². The molecule has 2 N–H and O–H groups in total. The molecule has 0 aliphatic carbocycles. The number of methoxy groups -OCH3 is 1. The lowest BCUT2D eigenvalue weighted by molar-refractivity contribution is -0.137. The summed E-state index contributed by atoms with van der Waals surface area (Å²) in [4.78, 5) is 24.0. The second-order valence-corrected chi connectivity index (χ2v) is 5.39. The van der Waals surface area contributed by atoms with Crippen molar-refractivity contribution in [1.82, 2.24) is 10.2 Å². The number of carbonyl (C=O) groups excluding carboxylic acids is 1. The van der Waals surface area contributed by atoms with E-state index in [1.165, 1.54) is 12.0 Å². The molecular formula is C13H24N2O5. The molecule has 0 atom stereocenters. The van der Waals surface area contributed by atoms with Crippen molar-refractivity contribution in [2.24, 2.45) is 5.41 Å². The van der Waals surface area contributed by atoms with Crippen molar-refractivity contribution in [1.29, 1.82) is 0 Å². The fraction of sp³-hybridized carbons (Fsp3) is 0.846. The van der Waals surface area contributed by atoms with Crippen molar-refractivity contribution in [3.63, 3.8) is 0 Å². The first-order chi connectivity index (χ1) is 9.47. The summed E-state index contributed by atoms with van der Waals surface area (Å²) < 4.78 is 10.2. The van der Waals surface area contributed by atoms with Crippen molar-refractivity contribution in [2.45, 2.75) is 19.8 Å². The third-order valence-corrected chi connectivity index (χ3v) is 3.54. The van der Waals surface area contributed by atoms with E-state index < -0.39 is 5.97 Å². The second-order valence-electron chi connectivity index (χ2n) is 5.39. The number of amides is 2. The molecule has 1 aliphatic heterocycles. The highest BCUT2D eigenvalue weighted by atomic mass is 16.5. The van der Waals surface area contributed by atoms with Gasteiger partial charge in [0, 0.05) is 33.4 Å². The van der Waals surface area contributed by atoms with Crippen LogP contribution in [0.5, 0.6) is 0 Å². The Bertz CT molecular complexity index is 329. The number of carboxylic acids is 1. The first-order valence-corrected chi connectivity index (χ1v) is 6.78. The Morgan fingerprint density at radius 3 is 2.60 bits per heavy atom. The zero-order valence-electron chi connectivity index (χ0n) is 12.2. The van der Waals surface area contributed by atoms with Crippen LogP contribution in [0.1, 0.15) is 19.8 Å². The van der Waals surface area contributed by atoms with E-state index in [1.54, 1.807) is 0 Å². The molecule has 0 spiro atoms. The van der Waals surface area contributed by atoms with E-state index in [9.17, 15) is 9.59 Å². The third-order valence-electron chi connectivity index (χ3n) is 3.54. The molecule has 0 aromatic rings. The van der Waals surface area contributed by atoms with Gasteiger partial charge < -0.3 is 24.8 Å². The number of hydrogen-bond donors (Lipinski definition) is 2. The zero-order chi connectivity index (χ0) is 15.0. The Morgan fingerprint density at radius 1 is 1.40 bits per heavy atom. The fourth-order valence-electron chi connectivity index (χ4n) is 2.06. The van der Waals surface area contributed by atoms with E-state index in [-0.39, 0.29) is 24.5 Å². The number of rotatable bonds is 7. The van der Waals surface area contributed by atoms with Crippen molar-refractivity contribution in [3.8, 4) is 0 Å². The van der Waals surface area contributed by atoms with Gasteiger partial charge in [0.1, 0.15) is 6.54 Å². The molecule has 116 valence electrons. The molecule has 0 bridgehead atoms. The van der Waals surface area contributed by atoms with E-state index in [4.69, 9.17) is 14.6 Å². The van der Waals surface area contributed by atoms with Crippen LogP contribution in [-0.2, 0) is 14.3 Å². The van der Waals surface area contributed by atoms with Gasteiger partial charge >= 0.3 is 12.0 Å². The van der Waals surface area contributed by atoms with Crippen LogP contribution in [0.4, 0.5) is 4.79 Å². The largest absolute Gasteiger partial charge is 0.480 e. The molecule has 0 aromatic carbocycles. The number of hydrogen-bond acceptors (Lipinski definition) is 4. The minimum atomic E-state index is -1.03. The highest BCUT2D eigenvalue weighted by Gasteiger charge is 2.28. The minimum Gasteiger partial charge on any atom is -0.480 e. The Kier molecular flexibility index (Phi) is 6.74. The number of nitrogens with one attached hydrogen (secondary N) is 1. The summed E-state index contributed by atoms with van der Waals surface area (Å²) in [6.45, 7) is 4.28. The summed E-state index contributed by atoms with van der Waals surface area (Å²) in [6, 6.07) is -0.364. The Labute approximate surface area is 119 Å². The number of aliphatic carboxylic acids is 1. The Hall–Kier alpha value is -1.34. The molecule has 0 aromatic heterocycles. The molecule has 2 amide bonds. The summed E-state index contributed by atoms with van der Waals surface area (Å²) in [5, 5.41) is 11.6. The maximum atomic E-state index is 12.0. The molecule has 1 heterocycles. The third kappa shape index (κ3) is 5.75. The maximum Gasteiger partial charge on any atom is 0.323 e. The van der Waals surface area contributed by atoms with Crippen molar-refractivity contribution >= 4 is 12.0 Å². The van der Waals surface area contributed by atoms with Gasteiger partial charge in [0.25, 0.3) is 0 Å². The summed E-state index contributed by atoms with van der Waals surface area (Å²) >= 11 is 0. The summed E-state index contributed by atoms with van der Waals surface area (Å²) in [5.41, 5.74) is 0.0179. The van der Waals surface area contributed by atoms with Gasteiger partial charge in [0.05, 0.1) is 6.61 Å². The number of carbonyl (C=O) groups is 2. The standard InChI is InChI=1S/C13H24N2O5/c1-13(3-6-20-7-4-13)10-14-12(18)15(5-8-19-2)9-11(16)17/h3-10H2,1-2H3,(H,14,18)(H,16,17). The second kappa shape index (κ2) is 8.06. The summed E-state index contributed by atoms with van der Waals surface area (Å²) in [7, 11) is 1.51. The Morgan fingerprint density at radius 2 is 2.05 bits per heavy atom. The predicted octanol–water partition coefficient (Wildman–Crippen LogP) is 0.546. The van der Waals surface area contributed by atoms with Crippen LogP contribution in [0.15, 0.2) is 0 Å². The van der Waals surface area contributed by atoms with Gasteiger partial charge in [-0.05, 0) is 18.3 Å². The molecule has 0 saturated carbocycles. The normalized spacial score (nSPS) is 17.5. The molecule has 1 fully saturated rings. The van der Waals surface area contributed by atoms with Crippen LogP contribution in [-0.4, -0.2) is 68.6 Å². The Balaban J connectivity index is 2.45. The highest BCUT2D eigenvalue weighted by molar-refractivity contribution is 5.80. The lowest BCUT2D eigenvalue weighted by Crippen LogP contribution is -2.48. The molecule has 1 saturated heterocycles. The van der Waals surface area contributed by atoms with E-state index >= 15 is 0 Å². The van der Waals surface area contributed by atoms with E-state index in [0.717, 1.165) is 12.8 Å². The van der Waals surface area contributed by atoms with Gasteiger partial charge in [-0.3, -0.25) is 4.79 Å². The summed E-state index contributed by atoms with van der Waals surface area (Å²) in [5.74, 6) is -1.03.